The van der Waals surface area contributed by atoms with Crippen LogP contribution in [0.25, 0.3) is 0 Å². The Hall–Kier alpha value is -1.55. The van der Waals surface area contributed by atoms with Gasteiger partial charge in [-0.3, -0.25) is 0 Å². The Morgan fingerprint density at radius 2 is 2.38 bits per heavy atom. The first kappa shape index (κ1) is 11.0. The molecule has 1 unspecified atom stereocenters. The van der Waals surface area contributed by atoms with Crippen molar-refractivity contribution < 1.29 is 9.90 Å². The van der Waals surface area contributed by atoms with Gasteiger partial charge in [-0.25, -0.2) is 4.79 Å². The van der Waals surface area contributed by atoms with E-state index in [1.165, 1.54) is 0 Å². The highest BCUT2D eigenvalue weighted by atomic mass is 16.4. The van der Waals surface area contributed by atoms with Crippen LogP contribution in [0.2, 0.25) is 0 Å². The molecule has 0 spiro atoms. The molecule has 4 heteroatoms. The predicted molar refractivity (Wildman–Crippen MR) is 63.0 cm³/mol. The van der Waals surface area contributed by atoms with Crippen LogP contribution in [0, 0.1) is 6.92 Å². The number of rotatable bonds is 3. The van der Waals surface area contributed by atoms with Gasteiger partial charge in [0.1, 0.15) is 0 Å². The average Bonchev–Trinajstić information content (AvgIpc) is 2.73. The fourth-order valence-electron chi connectivity index (χ4n) is 2.02. The monoisotopic (exact) mass is 220 g/mol. The molecule has 0 amide bonds. The summed E-state index contributed by atoms with van der Waals surface area (Å²) >= 11 is 0. The maximum Gasteiger partial charge on any atom is 0.336 e. The SMILES string of the molecule is Cc1c(NC2CCNC2)cccc1C(=O)O. The molecule has 1 fully saturated rings. The topological polar surface area (TPSA) is 61.4 Å². The van der Waals surface area contributed by atoms with Gasteiger partial charge in [-0.15, -0.1) is 0 Å². The maximum atomic E-state index is 11.0. The van der Waals surface area contributed by atoms with Gasteiger partial charge in [0.2, 0.25) is 0 Å². The van der Waals surface area contributed by atoms with E-state index < -0.39 is 5.97 Å². The molecule has 2 rings (SSSR count). The van der Waals surface area contributed by atoms with E-state index in [-0.39, 0.29) is 0 Å². The smallest absolute Gasteiger partial charge is 0.336 e. The Bertz CT molecular complexity index is 398. The number of carboxylic acids is 1. The van der Waals surface area contributed by atoms with Crippen LogP contribution in [0.4, 0.5) is 5.69 Å². The summed E-state index contributed by atoms with van der Waals surface area (Å²) in [6.45, 7) is 3.81. The third kappa shape index (κ3) is 2.17. The number of aromatic carboxylic acids is 1. The molecule has 86 valence electrons. The Balaban J connectivity index is 2.20. The van der Waals surface area contributed by atoms with Crippen molar-refractivity contribution >= 4 is 11.7 Å². The molecule has 1 heterocycles. The minimum absolute atomic E-state index is 0.371. The van der Waals surface area contributed by atoms with Crippen LogP contribution in [0.1, 0.15) is 22.3 Å². The van der Waals surface area contributed by atoms with Crippen LogP contribution < -0.4 is 10.6 Å². The average molecular weight is 220 g/mol. The largest absolute Gasteiger partial charge is 0.478 e. The normalized spacial score (nSPS) is 19.7. The second kappa shape index (κ2) is 4.53. The molecule has 1 aliphatic heterocycles. The van der Waals surface area contributed by atoms with Crippen LogP contribution in [-0.2, 0) is 0 Å². The third-order valence-corrected chi connectivity index (χ3v) is 2.98. The van der Waals surface area contributed by atoms with E-state index in [4.69, 9.17) is 5.11 Å². The molecule has 0 aromatic heterocycles. The maximum absolute atomic E-state index is 11.0. The van der Waals surface area contributed by atoms with Crippen molar-refractivity contribution in [2.45, 2.75) is 19.4 Å². The van der Waals surface area contributed by atoms with E-state index in [0.29, 0.717) is 11.6 Å². The number of anilines is 1. The molecule has 16 heavy (non-hydrogen) atoms. The number of carbonyl (C=O) groups is 1. The van der Waals surface area contributed by atoms with E-state index in [9.17, 15) is 4.79 Å². The first-order valence-electron chi connectivity index (χ1n) is 5.48. The molecule has 3 N–H and O–H groups in total. The van der Waals surface area contributed by atoms with E-state index in [2.05, 4.69) is 10.6 Å². The van der Waals surface area contributed by atoms with Crippen LogP contribution in [0.3, 0.4) is 0 Å². The first-order valence-corrected chi connectivity index (χ1v) is 5.48. The van der Waals surface area contributed by atoms with Gasteiger partial charge in [-0.05, 0) is 37.6 Å². The molecule has 1 aliphatic rings. The quantitative estimate of drug-likeness (QED) is 0.722. The summed E-state index contributed by atoms with van der Waals surface area (Å²) in [6, 6.07) is 5.75. The zero-order chi connectivity index (χ0) is 11.5. The Labute approximate surface area is 94.7 Å². The van der Waals surface area contributed by atoms with Crippen molar-refractivity contribution in [1.29, 1.82) is 0 Å². The molecule has 0 radical (unpaired) electrons. The molecule has 1 aromatic carbocycles. The van der Waals surface area contributed by atoms with E-state index >= 15 is 0 Å². The fraction of sp³-hybridized carbons (Fsp3) is 0.417. The van der Waals surface area contributed by atoms with Crippen molar-refractivity contribution in [2.75, 3.05) is 18.4 Å². The zero-order valence-electron chi connectivity index (χ0n) is 9.29. The molecule has 0 saturated carbocycles. The molecule has 0 bridgehead atoms. The standard InChI is InChI=1S/C12H16N2O2/c1-8-10(12(15)16)3-2-4-11(8)14-9-5-6-13-7-9/h2-4,9,13-14H,5-7H2,1H3,(H,15,16). The third-order valence-electron chi connectivity index (χ3n) is 2.98. The first-order chi connectivity index (χ1) is 7.68. The minimum Gasteiger partial charge on any atom is -0.478 e. The lowest BCUT2D eigenvalue weighted by atomic mass is 10.1. The summed E-state index contributed by atoms with van der Waals surface area (Å²) in [6.07, 6.45) is 1.08. The predicted octanol–water partition coefficient (Wildman–Crippen LogP) is 1.47. The minimum atomic E-state index is -0.870. The van der Waals surface area contributed by atoms with Crippen LogP contribution in [0.15, 0.2) is 18.2 Å². The van der Waals surface area contributed by atoms with Gasteiger partial charge in [0.15, 0.2) is 0 Å². The Morgan fingerprint density at radius 1 is 1.56 bits per heavy atom. The lowest BCUT2D eigenvalue weighted by molar-refractivity contribution is 0.0696. The van der Waals surface area contributed by atoms with Gasteiger partial charge in [0, 0.05) is 18.3 Å². The van der Waals surface area contributed by atoms with E-state index in [1.54, 1.807) is 12.1 Å². The van der Waals surface area contributed by atoms with Crippen molar-refractivity contribution in [3.8, 4) is 0 Å². The Morgan fingerprint density at radius 3 is 3.00 bits per heavy atom. The molecule has 1 atom stereocenters. The van der Waals surface area contributed by atoms with Gasteiger partial charge in [-0.1, -0.05) is 6.07 Å². The number of carboxylic acid groups (broad SMARTS) is 1. The number of nitrogens with one attached hydrogen (secondary N) is 2. The van der Waals surface area contributed by atoms with Gasteiger partial charge in [0.05, 0.1) is 5.56 Å². The van der Waals surface area contributed by atoms with Crippen LogP contribution in [-0.4, -0.2) is 30.2 Å². The molecular weight excluding hydrogens is 204 g/mol. The highest BCUT2D eigenvalue weighted by Gasteiger charge is 2.16. The Kier molecular flexibility index (Phi) is 3.10. The summed E-state index contributed by atoms with van der Waals surface area (Å²) < 4.78 is 0. The van der Waals surface area contributed by atoms with E-state index in [1.807, 2.05) is 13.0 Å². The van der Waals surface area contributed by atoms with Crippen LogP contribution in [0.5, 0.6) is 0 Å². The van der Waals surface area contributed by atoms with Crippen molar-refractivity contribution in [3.05, 3.63) is 29.3 Å². The summed E-state index contributed by atoms with van der Waals surface area (Å²) in [5.41, 5.74) is 2.10. The summed E-state index contributed by atoms with van der Waals surface area (Å²) in [4.78, 5) is 11.0. The van der Waals surface area contributed by atoms with Gasteiger partial charge >= 0.3 is 5.97 Å². The van der Waals surface area contributed by atoms with Gasteiger partial charge in [0.25, 0.3) is 0 Å². The molecule has 4 nitrogen and oxygen atoms in total. The number of benzene rings is 1. The van der Waals surface area contributed by atoms with Crippen LogP contribution >= 0.6 is 0 Å². The van der Waals surface area contributed by atoms with Crippen molar-refractivity contribution in [2.24, 2.45) is 0 Å². The highest BCUT2D eigenvalue weighted by molar-refractivity contribution is 5.91. The van der Waals surface area contributed by atoms with Crippen molar-refractivity contribution in [1.82, 2.24) is 5.32 Å². The second-order valence-corrected chi connectivity index (χ2v) is 4.12. The van der Waals surface area contributed by atoms with Gasteiger partial charge < -0.3 is 15.7 Å². The molecule has 0 aliphatic carbocycles. The summed E-state index contributed by atoms with van der Waals surface area (Å²) in [5, 5.41) is 15.7. The number of hydrogen-bond acceptors (Lipinski definition) is 3. The second-order valence-electron chi connectivity index (χ2n) is 4.12. The van der Waals surface area contributed by atoms with Crippen molar-refractivity contribution in [3.63, 3.8) is 0 Å². The number of hydrogen-bond donors (Lipinski definition) is 3. The lowest BCUT2D eigenvalue weighted by Gasteiger charge is -2.16. The molecule has 1 saturated heterocycles. The highest BCUT2D eigenvalue weighted by Crippen LogP contribution is 2.20. The summed E-state index contributed by atoms with van der Waals surface area (Å²) in [7, 11) is 0. The molecular formula is C12H16N2O2. The van der Waals surface area contributed by atoms with Gasteiger partial charge in [-0.2, -0.15) is 0 Å². The lowest BCUT2D eigenvalue weighted by Crippen LogP contribution is -2.22. The summed E-state index contributed by atoms with van der Waals surface area (Å²) in [5.74, 6) is -0.870. The fourth-order valence-corrected chi connectivity index (χ4v) is 2.02. The zero-order valence-corrected chi connectivity index (χ0v) is 9.29. The molecule has 1 aromatic rings. The van der Waals surface area contributed by atoms with E-state index in [0.717, 1.165) is 30.8 Å².